The van der Waals surface area contributed by atoms with E-state index >= 15 is 0 Å². The Morgan fingerprint density at radius 1 is 1.29 bits per heavy atom. The van der Waals surface area contributed by atoms with E-state index in [1.54, 1.807) is 0 Å². The van der Waals surface area contributed by atoms with Crippen molar-refractivity contribution < 1.29 is 0 Å². The summed E-state index contributed by atoms with van der Waals surface area (Å²) in [5.74, 6) is 0. The molecule has 0 bridgehead atoms. The Kier molecular flexibility index (Phi) is 1.95. The molecular formula is C11H15N3. The molecular weight excluding hydrogens is 174 g/mol. The second-order valence-corrected chi connectivity index (χ2v) is 3.78. The van der Waals surface area contributed by atoms with Crippen LogP contribution < -0.4 is 4.90 Å². The molecule has 1 aromatic heterocycles. The van der Waals surface area contributed by atoms with Crippen molar-refractivity contribution in [3.8, 4) is 0 Å². The molecule has 74 valence electrons. The summed E-state index contributed by atoms with van der Waals surface area (Å²) < 4.78 is 1.93. The van der Waals surface area contributed by atoms with E-state index in [4.69, 9.17) is 0 Å². The van der Waals surface area contributed by atoms with Gasteiger partial charge in [-0.1, -0.05) is 12.1 Å². The third-order valence-electron chi connectivity index (χ3n) is 2.62. The third-order valence-corrected chi connectivity index (χ3v) is 2.62. The third kappa shape index (κ3) is 1.16. The summed E-state index contributed by atoms with van der Waals surface area (Å²) in [5, 5.41) is 5.74. The maximum Gasteiger partial charge on any atom is 0.116 e. The number of aromatic nitrogens is 2. The highest BCUT2D eigenvalue weighted by Gasteiger charge is 2.09. The van der Waals surface area contributed by atoms with Crippen molar-refractivity contribution in [1.29, 1.82) is 0 Å². The Hall–Kier alpha value is -1.51. The summed E-state index contributed by atoms with van der Waals surface area (Å²) in [6.07, 6.45) is 0. The summed E-state index contributed by atoms with van der Waals surface area (Å²) in [6, 6.07) is 6.28. The van der Waals surface area contributed by atoms with E-state index in [9.17, 15) is 0 Å². The Balaban J connectivity index is 2.81. The number of hydrogen-bond acceptors (Lipinski definition) is 2. The Morgan fingerprint density at radius 3 is 2.64 bits per heavy atom. The van der Waals surface area contributed by atoms with E-state index < -0.39 is 0 Å². The first-order chi connectivity index (χ1) is 6.61. The van der Waals surface area contributed by atoms with Gasteiger partial charge in [-0.2, -0.15) is 5.10 Å². The fourth-order valence-electron chi connectivity index (χ4n) is 1.69. The van der Waals surface area contributed by atoms with Crippen LogP contribution in [0.25, 0.3) is 10.9 Å². The predicted molar refractivity (Wildman–Crippen MR) is 59.8 cm³/mol. The number of anilines is 1. The van der Waals surface area contributed by atoms with Crippen LogP contribution in [-0.4, -0.2) is 23.9 Å². The van der Waals surface area contributed by atoms with E-state index in [0.29, 0.717) is 0 Å². The van der Waals surface area contributed by atoms with Crippen molar-refractivity contribution in [1.82, 2.24) is 9.78 Å². The molecule has 14 heavy (non-hydrogen) atoms. The summed E-state index contributed by atoms with van der Waals surface area (Å²) in [4.78, 5) is 2.09. The standard InChI is InChI=1S/C11H15N3/c1-8-9-6-5-7-10(13(2)3)11(9)12-14(8)4/h5-7H,1-4H3. The van der Waals surface area contributed by atoms with Crippen LogP contribution in [0.3, 0.4) is 0 Å². The van der Waals surface area contributed by atoms with Crippen molar-refractivity contribution in [2.45, 2.75) is 6.92 Å². The van der Waals surface area contributed by atoms with Gasteiger partial charge in [-0.05, 0) is 13.0 Å². The average molecular weight is 189 g/mol. The van der Waals surface area contributed by atoms with E-state index in [1.807, 2.05) is 25.8 Å². The predicted octanol–water partition coefficient (Wildman–Crippen LogP) is 1.95. The van der Waals surface area contributed by atoms with E-state index in [0.717, 1.165) is 5.52 Å². The molecule has 0 radical (unpaired) electrons. The molecule has 0 atom stereocenters. The lowest BCUT2D eigenvalue weighted by molar-refractivity contribution is 0.751. The summed E-state index contributed by atoms with van der Waals surface area (Å²) in [7, 11) is 6.06. The highest BCUT2D eigenvalue weighted by molar-refractivity contribution is 5.92. The molecule has 0 aliphatic rings. The molecule has 0 amide bonds. The molecule has 0 saturated heterocycles. The summed E-state index contributed by atoms with van der Waals surface area (Å²) in [6.45, 7) is 2.09. The van der Waals surface area contributed by atoms with Crippen LogP contribution in [0.1, 0.15) is 5.69 Å². The van der Waals surface area contributed by atoms with Gasteiger partial charge in [0.05, 0.1) is 5.69 Å². The monoisotopic (exact) mass is 189 g/mol. The van der Waals surface area contributed by atoms with Crippen molar-refractivity contribution in [2.75, 3.05) is 19.0 Å². The van der Waals surface area contributed by atoms with Crippen molar-refractivity contribution >= 4 is 16.6 Å². The minimum Gasteiger partial charge on any atom is -0.376 e. The minimum atomic E-state index is 1.08. The molecule has 2 aromatic rings. The second kappa shape index (κ2) is 3.01. The molecule has 0 aliphatic carbocycles. The number of fused-ring (bicyclic) bond motifs is 1. The molecule has 0 aliphatic heterocycles. The van der Waals surface area contributed by atoms with E-state index in [2.05, 4.69) is 35.1 Å². The molecule has 0 fully saturated rings. The zero-order valence-electron chi connectivity index (χ0n) is 9.07. The number of hydrogen-bond donors (Lipinski definition) is 0. The zero-order valence-corrected chi connectivity index (χ0v) is 9.07. The average Bonchev–Trinajstić information content (AvgIpc) is 2.43. The van der Waals surface area contributed by atoms with Gasteiger partial charge in [0.2, 0.25) is 0 Å². The van der Waals surface area contributed by atoms with Gasteiger partial charge in [-0.3, -0.25) is 4.68 Å². The van der Waals surface area contributed by atoms with Crippen molar-refractivity contribution in [2.24, 2.45) is 7.05 Å². The minimum absolute atomic E-state index is 1.08. The van der Waals surface area contributed by atoms with Gasteiger partial charge in [0.25, 0.3) is 0 Å². The van der Waals surface area contributed by atoms with Crippen LogP contribution in [0.4, 0.5) is 5.69 Å². The lowest BCUT2D eigenvalue weighted by Crippen LogP contribution is -2.08. The maximum atomic E-state index is 4.51. The highest BCUT2D eigenvalue weighted by Crippen LogP contribution is 2.25. The van der Waals surface area contributed by atoms with E-state index in [1.165, 1.54) is 16.8 Å². The summed E-state index contributed by atoms with van der Waals surface area (Å²) in [5.41, 5.74) is 3.47. The fraction of sp³-hybridized carbons (Fsp3) is 0.364. The molecule has 0 spiro atoms. The van der Waals surface area contributed by atoms with Gasteiger partial charge in [0.15, 0.2) is 0 Å². The van der Waals surface area contributed by atoms with Gasteiger partial charge >= 0.3 is 0 Å². The Labute approximate surface area is 83.9 Å². The molecule has 1 aromatic carbocycles. The topological polar surface area (TPSA) is 21.1 Å². The molecule has 2 rings (SSSR count). The van der Waals surface area contributed by atoms with Gasteiger partial charge < -0.3 is 4.90 Å². The van der Waals surface area contributed by atoms with Gasteiger partial charge in [0.1, 0.15) is 5.52 Å². The number of rotatable bonds is 1. The highest BCUT2D eigenvalue weighted by atomic mass is 15.3. The Morgan fingerprint density at radius 2 is 2.00 bits per heavy atom. The quantitative estimate of drug-likeness (QED) is 0.683. The van der Waals surface area contributed by atoms with Crippen LogP contribution in [0.2, 0.25) is 0 Å². The van der Waals surface area contributed by atoms with Crippen LogP contribution in [-0.2, 0) is 7.05 Å². The fourth-order valence-corrected chi connectivity index (χ4v) is 1.69. The lowest BCUT2D eigenvalue weighted by atomic mass is 10.2. The number of nitrogens with zero attached hydrogens (tertiary/aromatic N) is 3. The lowest BCUT2D eigenvalue weighted by Gasteiger charge is -2.12. The van der Waals surface area contributed by atoms with Crippen LogP contribution >= 0.6 is 0 Å². The number of benzene rings is 1. The normalized spacial score (nSPS) is 10.9. The molecule has 0 unspecified atom stereocenters. The molecule has 3 nitrogen and oxygen atoms in total. The number of aryl methyl sites for hydroxylation is 2. The molecule has 3 heteroatoms. The van der Waals surface area contributed by atoms with Crippen LogP contribution in [0, 0.1) is 6.92 Å². The van der Waals surface area contributed by atoms with Crippen LogP contribution in [0.15, 0.2) is 18.2 Å². The Bertz CT molecular complexity index is 469. The first kappa shape index (κ1) is 9.06. The van der Waals surface area contributed by atoms with Gasteiger partial charge in [0, 0.05) is 32.2 Å². The second-order valence-electron chi connectivity index (χ2n) is 3.78. The largest absolute Gasteiger partial charge is 0.376 e. The SMILES string of the molecule is Cc1c2cccc(N(C)C)c2nn1C. The van der Waals surface area contributed by atoms with Crippen molar-refractivity contribution in [3.05, 3.63) is 23.9 Å². The first-order valence-corrected chi connectivity index (χ1v) is 4.71. The molecule has 1 heterocycles. The smallest absolute Gasteiger partial charge is 0.116 e. The van der Waals surface area contributed by atoms with Crippen LogP contribution in [0.5, 0.6) is 0 Å². The van der Waals surface area contributed by atoms with Crippen molar-refractivity contribution in [3.63, 3.8) is 0 Å². The molecule has 0 saturated carbocycles. The summed E-state index contributed by atoms with van der Waals surface area (Å²) >= 11 is 0. The zero-order chi connectivity index (χ0) is 10.3. The molecule has 0 N–H and O–H groups in total. The van der Waals surface area contributed by atoms with Gasteiger partial charge in [-0.15, -0.1) is 0 Å². The van der Waals surface area contributed by atoms with Gasteiger partial charge in [-0.25, -0.2) is 0 Å². The first-order valence-electron chi connectivity index (χ1n) is 4.71. The maximum absolute atomic E-state index is 4.51. The van der Waals surface area contributed by atoms with E-state index in [-0.39, 0.29) is 0 Å².